The Kier molecular flexibility index (Phi) is 6.76. The number of carboxylic acids is 6. The van der Waals surface area contributed by atoms with E-state index >= 15 is 0 Å². The van der Waals surface area contributed by atoms with Crippen LogP contribution in [0.3, 0.4) is 0 Å². The maximum atomic E-state index is 12.9. The molecule has 0 aliphatic heterocycles. The third-order valence-corrected chi connectivity index (χ3v) is 5.59. The van der Waals surface area contributed by atoms with Crippen LogP contribution in [0.1, 0.15) is 62.1 Å². The molecule has 0 saturated carbocycles. The Morgan fingerprint density at radius 3 is 1.24 bits per heavy atom. The molecule has 2 rings (SSSR count). The van der Waals surface area contributed by atoms with Crippen LogP contribution in [0.4, 0.5) is 0 Å². The van der Waals surface area contributed by atoms with Crippen LogP contribution in [0.25, 0.3) is 0 Å². The zero-order chi connectivity index (χ0) is 26.1. The molecule has 2 aromatic carbocycles. The molecule has 34 heavy (non-hydrogen) atoms. The fourth-order valence-electron chi connectivity index (χ4n) is 2.71. The molecule has 0 aliphatic carbocycles. The molecule has 178 valence electrons. The number of hydrogen-bond donors (Lipinski definition) is 7. The summed E-state index contributed by atoms with van der Waals surface area (Å²) in [7, 11) is -5.57. The minimum atomic E-state index is -5.57. The van der Waals surface area contributed by atoms with E-state index in [0.29, 0.717) is 12.1 Å². The smallest absolute Gasteiger partial charge is 0.409 e. The zero-order valence-corrected chi connectivity index (χ0v) is 17.0. The summed E-state index contributed by atoms with van der Waals surface area (Å²) in [4.78, 5) is 78.7. The Morgan fingerprint density at radius 2 is 0.853 bits per heavy atom. The molecular weight excluding hydrogens is 487 g/mol. The first-order valence-corrected chi connectivity index (χ1v) is 9.95. The summed E-state index contributed by atoms with van der Waals surface area (Å²) in [6.07, 6.45) is 0. The van der Waals surface area contributed by atoms with E-state index < -0.39 is 87.8 Å². The molecular formula is C18H11O15P. The van der Waals surface area contributed by atoms with Crippen molar-refractivity contribution in [3.05, 3.63) is 57.6 Å². The van der Waals surface area contributed by atoms with Gasteiger partial charge in [-0.15, -0.1) is 0 Å². The normalized spacial score (nSPS) is 12.3. The molecule has 0 spiro atoms. The van der Waals surface area contributed by atoms with Gasteiger partial charge in [-0.05, 0) is 24.3 Å². The van der Waals surface area contributed by atoms with E-state index in [4.69, 9.17) is 14.7 Å². The second-order valence-electron chi connectivity index (χ2n) is 6.25. The van der Waals surface area contributed by atoms with Crippen molar-refractivity contribution in [1.82, 2.24) is 0 Å². The summed E-state index contributed by atoms with van der Waals surface area (Å²) >= 11 is 0. The molecule has 0 amide bonds. The van der Waals surface area contributed by atoms with Gasteiger partial charge in [-0.1, -0.05) is 0 Å². The number of hydrogen-bond acceptors (Lipinski definition) is 8. The standard InChI is InChI=1S/C18H11O15P/c19-13(20)5-1-9(17(27)28)11(3-7(5)15(23)24)33-34(31,32)12-4-8(16(25)26)6(14(21)22)2-10(12)18(29)30/h1-4H,(H,19,20)(H,21,22)(H,23,24)(H,25,26)(H,27,28)(H,29,30)(H,31,32). The van der Waals surface area contributed by atoms with Crippen LogP contribution in [0.15, 0.2) is 24.3 Å². The lowest BCUT2D eigenvalue weighted by atomic mass is 10.0. The predicted octanol–water partition coefficient (Wildman–Crippen LogP) is 0.766. The second-order valence-corrected chi connectivity index (χ2v) is 7.96. The van der Waals surface area contributed by atoms with Crippen molar-refractivity contribution in [3.63, 3.8) is 0 Å². The van der Waals surface area contributed by atoms with Crippen molar-refractivity contribution >= 4 is 48.7 Å². The minimum absolute atomic E-state index is 0.222. The average Bonchev–Trinajstić information content (AvgIpc) is 2.71. The van der Waals surface area contributed by atoms with Gasteiger partial charge in [0.15, 0.2) is 0 Å². The monoisotopic (exact) mass is 498 g/mol. The highest BCUT2D eigenvalue weighted by molar-refractivity contribution is 7.61. The first-order chi connectivity index (χ1) is 15.6. The van der Waals surface area contributed by atoms with Crippen molar-refractivity contribution in [2.24, 2.45) is 0 Å². The molecule has 15 nitrogen and oxygen atoms in total. The summed E-state index contributed by atoms with van der Waals surface area (Å²) < 4.78 is 17.6. The largest absolute Gasteiger partial charge is 0.478 e. The molecule has 1 unspecified atom stereocenters. The van der Waals surface area contributed by atoms with Crippen LogP contribution >= 0.6 is 7.60 Å². The quantitative estimate of drug-likeness (QED) is 0.235. The lowest BCUT2D eigenvalue weighted by Gasteiger charge is -2.19. The Morgan fingerprint density at radius 1 is 0.529 bits per heavy atom. The van der Waals surface area contributed by atoms with E-state index in [0.717, 1.165) is 0 Å². The molecule has 7 N–H and O–H groups in total. The van der Waals surface area contributed by atoms with Gasteiger partial charge in [0.2, 0.25) is 0 Å². The SMILES string of the molecule is O=C(O)c1cc(C(=O)O)c(C(=O)O)cc1OP(=O)(O)c1cc(C(=O)O)c(C(=O)O)cc1C(=O)O. The fraction of sp³-hybridized carbons (Fsp3) is 0. The van der Waals surface area contributed by atoms with E-state index in [1.807, 2.05) is 0 Å². The first-order valence-electron chi connectivity index (χ1n) is 8.37. The summed E-state index contributed by atoms with van der Waals surface area (Å²) in [5.41, 5.74) is -6.54. The van der Waals surface area contributed by atoms with Gasteiger partial charge >= 0.3 is 43.4 Å². The molecule has 2 aromatic rings. The molecule has 0 heterocycles. The predicted molar refractivity (Wildman–Crippen MR) is 105 cm³/mol. The molecule has 0 bridgehead atoms. The van der Waals surface area contributed by atoms with Crippen molar-refractivity contribution in [2.75, 3.05) is 0 Å². The van der Waals surface area contributed by atoms with Gasteiger partial charge in [0, 0.05) is 0 Å². The number of carboxylic acid groups (broad SMARTS) is 6. The van der Waals surface area contributed by atoms with Crippen molar-refractivity contribution in [1.29, 1.82) is 0 Å². The molecule has 0 saturated heterocycles. The Hall–Kier alpha value is -4.75. The molecule has 0 radical (unpaired) electrons. The lowest BCUT2D eigenvalue weighted by Crippen LogP contribution is -2.23. The van der Waals surface area contributed by atoms with Gasteiger partial charge in [0.05, 0.1) is 33.1 Å². The van der Waals surface area contributed by atoms with E-state index in [1.54, 1.807) is 0 Å². The Bertz CT molecular complexity index is 1340. The minimum Gasteiger partial charge on any atom is -0.478 e. The van der Waals surface area contributed by atoms with Crippen LogP contribution in [-0.4, -0.2) is 71.3 Å². The molecule has 16 heteroatoms. The molecule has 0 aliphatic rings. The summed E-state index contributed by atoms with van der Waals surface area (Å²) in [6.45, 7) is 0. The summed E-state index contributed by atoms with van der Waals surface area (Å²) in [5, 5.41) is 54.0. The summed E-state index contributed by atoms with van der Waals surface area (Å²) in [6, 6.07) is 1.10. The third-order valence-electron chi connectivity index (χ3n) is 4.16. The van der Waals surface area contributed by atoms with Crippen LogP contribution in [0, 0.1) is 0 Å². The molecule has 1 atom stereocenters. The van der Waals surface area contributed by atoms with Crippen LogP contribution < -0.4 is 9.83 Å². The van der Waals surface area contributed by atoms with Crippen LogP contribution in [0.2, 0.25) is 0 Å². The highest BCUT2D eigenvalue weighted by Gasteiger charge is 2.36. The van der Waals surface area contributed by atoms with E-state index in [1.165, 1.54) is 0 Å². The number of carbonyl (C=O) groups is 6. The lowest BCUT2D eigenvalue weighted by molar-refractivity contribution is 0.0648. The van der Waals surface area contributed by atoms with Gasteiger partial charge in [0.25, 0.3) is 0 Å². The van der Waals surface area contributed by atoms with Gasteiger partial charge in [-0.3, -0.25) is 0 Å². The van der Waals surface area contributed by atoms with Crippen molar-refractivity contribution in [2.45, 2.75) is 0 Å². The third kappa shape index (κ3) is 4.85. The number of rotatable bonds is 9. The molecule has 0 aromatic heterocycles. The highest BCUT2D eigenvalue weighted by Crippen LogP contribution is 2.45. The number of benzene rings is 2. The zero-order valence-electron chi connectivity index (χ0n) is 16.2. The van der Waals surface area contributed by atoms with Crippen LogP contribution in [0.5, 0.6) is 5.75 Å². The topological polar surface area (TPSA) is 270 Å². The fourth-order valence-corrected chi connectivity index (χ4v) is 3.98. The maximum Gasteiger partial charge on any atom is 0.409 e. The second kappa shape index (κ2) is 9.01. The van der Waals surface area contributed by atoms with E-state index in [-0.39, 0.29) is 12.1 Å². The average molecular weight is 498 g/mol. The van der Waals surface area contributed by atoms with E-state index in [9.17, 15) is 58.7 Å². The molecule has 0 fully saturated rings. The first kappa shape index (κ1) is 25.5. The maximum absolute atomic E-state index is 12.9. The number of aromatic carboxylic acids is 6. The van der Waals surface area contributed by atoms with Gasteiger partial charge < -0.3 is 40.1 Å². The Balaban J connectivity index is 2.84. The van der Waals surface area contributed by atoms with Gasteiger partial charge in [0.1, 0.15) is 11.3 Å². The van der Waals surface area contributed by atoms with E-state index in [2.05, 4.69) is 0 Å². The van der Waals surface area contributed by atoms with Gasteiger partial charge in [-0.2, -0.15) is 0 Å². The van der Waals surface area contributed by atoms with Crippen molar-refractivity contribution < 1.29 is 73.4 Å². The van der Waals surface area contributed by atoms with Crippen molar-refractivity contribution in [3.8, 4) is 5.75 Å². The van der Waals surface area contributed by atoms with Gasteiger partial charge in [-0.25, -0.2) is 33.3 Å². The summed E-state index contributed by atoms with van der Waals surface area (Å²) in [5.74, 6) is -12.7. The Labute approximate surface area is 186 Å². The highest BCUT2D eigenvalue weighted by atomic mass is 31.2. The van der Waals surface area contributed by atoms with Crippen LogP contribution in [-0.2, 0) is 4.57 Å².